The van der Waals surface area contributed by atoms with Crippen molar-refractivity contribution in [3.63, 3.8) is 0 Å². The third-order valence-electron chi connectivity index (χ3n) is 2.93. The Bertz CT molecular complexity index is 422. The first kappa shape index (κ1) is 12.8. The molecule has 0 unspecified atom stereocenters. The predicted molar refractivity (Wildman–Crippen MR) is 71.3 cm³/mol. The fourth-order valence-electron chi connectivity index (χ4n) is 2.03. The van der Waals surface area contributed by atoms with Crippen molar-refractivity contribution in [1.82, 2.24) is 4.98 Å². The van der Waals surface area contributed by atoms with Gasteiger partial charge >= 0.3 is 5.69 Å². The Morgan fingerprint density at radius 3 is 2.88 bits per heavy atom. The van der Waals surface area contributed by atoms with Gasteiger partial charge in [0.15, 0.2) is 5.03 Å². The zero-order valence-corrected chi connectivity index (χ0v) is 11.7. The van der Waals surface area contributed by atoms with Crippen LogP contribution in [0.25, 0.3) is 0 Å². The summed E-state index contributed by atoms with van der Waals surface area (Å²) in [5.41, 5.74) is 0.0994. The normalized spacial score (nSPS) is 16.3. The van der Waals surface area contributed by atoms with Gasteiger partial charge in [-0.1, -0.05) is 24.6 Å². The maximum Gasteiger partial charge on any atom is 0.302 e. The average Bonchev–Trinajstić information content (AvgIpc) is 2.80. The van der Waals surface area contributed by atoms with Gasteiger partial charge in [-0.3, -0.25) is 10.1 Å². The topological polar surface area (TPSA) is 56.0 Å². The highest BCUT2D eigenvalue weighted by Gasteiger charge is 2.20. The maximum absolute atomic E-state index is 10.9. The highest BCUT2D eigenvalue weighted by atomic mass is 79.9. The summed E-state index contributed by atoms with van der Waals surface area (Å²) < 4.78 is 0.648. The lowest BCUT2D eigenvalue weighted by atomic mass is 10.1. The first-order valence-corrected chi connectivity index (χ1v) is 7.37. The van der Waals surface area contributed by atoms with Crippen molar-refractivity contribution in [2.24, 2.45) is 5.92 Å². The largest absolute Gasteiger partial charge is 0.302 e. The van der Waals surface area contributed by atoms with E-state index in [0.717, 1.165) is 5.75 Å². The summed E-state index contributed by atoms with van der Waals surface area (Å²) in [6.45, 7) is 0. The van der Waals surface area contributed by atoms with E-state index in [0.29, 0.717) is 15.4 Å². The molecule has 1 fully saturated rings. The van der Waals surface area contributed by atoms with Gasteiger partial charge < -0.3 is 0 Å². The van der Waals surface area contributed by atoms with E-state index in [1.165, 1.54) is 43.5 Å². The summed E-state index contributed by atoms with van der Waals surface area (Å²) in [5.74, 6) is 1.64. The number of rotatable bonds is 4. The van der Waals surface area contributed by atoms with E-state index in [9.17, 15) is 10.1 Å². The van der Waals surface area contributed by atoms with Crippen LogP contribution in [0.2, 0.25) is 0 Å². The molecule has 17 heavy (non-hydrogen) atoms. The van der Waals surface area contributed by atoms with Gasteiger partial charge in [0.2, 0.25) is 0 Å². The third kappa shape index (κ3) is 3.42. The van der Waals surface area contributed by atoms with Crippen LogP contribution in [0, 0.1) is 16.0 Å². The van der Waals surface area contributed by atoms with Gasteiger partial charge in [-0.15, -0.1) is 0 Å². The smallest absolute Gasteiger partial charge is 0.258 e. The van der Waals surface area contributed by atoms with Crippen molar-refractivity contribution in [2.45, 2.75) is 30.7 Å². The molecule has 1 aliphatic carbocycles. The van der Waals surface area contributed by atoms with Crippen LogP contribution < -0.4 is 0 Å². The number of thioether (sulfide) groups is 1. The van der Waals surface area contributed by atoms with Crippen molar-refractivity contribution in [1.29, 1.82) is 0 Å². The molecule has 6 heteroatoms. The molecule has 1 heterocycles. The van der Waals surface area contributed by atoms with Gasteiger partial charge in [-0.2, -0.15) is 0 Å². The van der Waals surface area contributed by atoms with E-state index >= 15 is 0 Å². The van der Waals surface area contributed by atoms with E-state index in [1.54, 1.807) is 6.20 Å². The SMILES string of the molecule is O=[N+]([O-])c1cc(Br)cnc1SCC1CCCC1. The van der Waals surface area contributed by atoms with Gasteiger partial charge in [0.25, 0.3) is 0 Å². The standard InChI is InChI=1S/C11H13BrN2O2S/c12-9-5-10(14(15)16)11(13-6-9)17-7-8-3-1-2-4-8/h5-6,8H,1-4,7H2. The van der Waals surface area contributed by atoms with E-state index < -0.39 is 0 Å². The molecule has 4 nitrogen and oxygen atoms in total. The van der Waals surface area contributed by atoms with Crippen LogP contribution in [0.1, 0.15) is 25.7 Å². The zero-order chi connectivity index (χ0) is 12.3. The van der Waals surface area contributed by atoms with E-state index in [4.69, 9.17) is 0 Å². The Labute approximate surface area is 112 Å². The molecule has 1 aromatic heterocycles. The quantitative estimate of drug-likeness (QED) is 0.478. The summed E-state index contributed by atoms with van der Waals surface area (Å²) in [6, 6.07) is 1.52. The molecule has 1 aliphatic rings. The monoisotopic (exact) mass is 316 g/mol. The molecular weight excluding hydrogens is 304 g/mol. The molecule has 2 rings (SSSR count). The maximum atomic E-state index is 10.9. The Morgan fingerprint density at radius 2 is 2.24 bits per heavy atom. The number of hydrogen-bond donors (Lipinski definition) is 0. The first-order valence-electron chi connectivity index (χ1n) is 5.59. The molecule has 0 N–H and O–H groups in total. The fraction of sp³-hybridized carbons (Fsp3) is 0.545. The second-order valence-electron chi connectivity index (χ2n) is 4.20. The minimum absolute atomic E-state index is 0.0994. The number of hydrogen-bond acceptors (Lipinski definition) is 4. The minimum Gasteiger partial charge on any atom is -0.258 e. The lowest BCUT2D eigenvalue weighted by Crippen LogP contribution is -1.99. The number of aromatic nitrogens is 1. The van der Waals surface area contributed by atoms with Crippen LogP contribution in [-0.2, 0) is 0 Å². The first-order chi connectivity index (χ1) is 8.16. The molecule has 0 atom stereocenters. The summed E-state index contributed by atoms with van der Waals surface area (Å²) in [5, 5.41) is 11.4. The Morgan fingerprint density at radius 1 is 1.53 bits per heavy atom. The lowest BCUT2D eigenvalue weighted by Gasteiger charge is -2.07. The molecule has 0 radical (unpaired) electrons. The van der Waals surface area contributed by atoms with Crippen molar-refractivity contribution < 1.29 is 4.92 Å². The van der Waals surface area contributed by atoms with Gasteiger partial charge in [0, 0.05) is 22.5 Å². The second-order valence-corrected chi connectivity index (χ2v) is 6.12. The molecule has 0 bridgehead atoms. The van der Waals surface area contributed by atoms with Crippen molar-refractivity contribution >= 4 is 33.4 Å². The van der Waals surface area contributed by atoms with Crippen molar-refractivity contribution in [3.8, 4) is 0 Å². The van der Waals surface area contributed by atoms with Gasteiger partial charge in [0.1, 0.15) is 0 Å². The molecule has 1 aromatic rings. The van der Waals surface area contributed by atoms with Crippen LogP contribution in [0.4, 0.5) is 5.69 Å². The number of nitrogens with zero attached hydrogens (tertiary/aromatic N) is 2. The Balaban J connectivity index is 2.06. The van der Waals surface area contributed by atoms with Gasteiger partial charge in [-0.05, 0) is 34.7 Å². The molecular formula is C11H13BrN2O2S. The van der Waals surface area contributed by atoms with Crippen LogP contribution in [-0.4, -0.2) is 15.7 Å². The minimum atomic E-state index is -0.366. The van der Waals surface area contributed by atoms with Crippen LogP contribution >= 0.6 is 27.7 Å². The average molecular weight is 317 g/mol. The van der Waals surface area contributed by atoms with Crippen molar-refractivity contribution in [3.05, 3.63) is 26.9 Å². The van der Waals surface area contributed by atoms with Gasteiger partial charge in [-0.25, -0.2) is 4.98 Å². The summed E-state index contributed by atoms with van der Waals surface area (Å²) in [7, 11) is 0. The Hall–Kier alpha value is -0.620. The molecule has 0 aromatic carbocycles. The number of nitro groups is 1. The molecule has 0 saturated heterocycles. The third-order valence-corrected chi connectivity index (χ3v) is 4.59. The van der Waals surface area contributed by atoms with E-state index in [2.05, 4.69) is 20.9 Å². The molecule has 1 saturated carbocycles. The number of halogens is 1. The molecule has 92 valence electrons. The fourth-order valence-corrected chi connectivity index (χ4v) is 3.49. The van der Waals surface area contributed by atoms with E-state index in [1.807, 2.05) is 0 Å². The summed E-state index contributed by atoms with van der Waals surface area (Å²) in [4.78, 5) is 14.7. The van der Waals surface area contributed by atoms with Crippen molar-refractivity contribution in [2.75, 3.05) is 5.75 Å². The molecule has 0 amide bonds. The van der Waals surface area contributed by atoms with Crippen LogP contribution in [0.15, 0.2) is 21.8 Å². The zero-order valence-electron chi connectivity index (χ0n) is 9.26. The Kier molecular flexibility index (Phi) is 4.39. The lowest BCUT2D eigenvalue weighted by molar-refractivity contribution is -0.388. The van der Waals surface area contributed by atoms with Crippen LogP contribution in [0.5, 0.6) is 0 Å². The summed E-state index contributed by atoms with van der Waals surface area (Å²) >= 11 is 4.71. The molecule has 0 aliphatic heterocycles. The van der Waals surface area contributed by atoms with E-state index in [-0.39, 0.29) is 10.6 Å². The highest BCUT2D eigenvalue weighted by Crippen LogP contribution is 2.34. The predicted octanol–water partition coefficient (Wildman–Crippen LogP) is 4.03. The highest BCUT2D eigenvalue weighted by molar-refractivity contribution is 9.10. The summed E-state index contributed by atoms with van der Waals surface area (Å²) in [6.07, 6.45) is 6.70. The number of pyridine rings is 1. The van der Waals surface area contributed by atoms with Gasteiger partial charge in [0.05, 0.1) is 4.92 Å². The van der Waals surface area contributed by atoms with Crippen LogP contribution in [0.3, 0.4) is 0 Å². The second kappa shape index (κ2) is 5.82. The molecule has 0 spiro atoms.